The van der Waals surface area contributed by atoms with Crippen LogP contribution in [0, 0.1) is 0 Å². The van der Waals surface area contributed by atoms with Gasteiger partial charge in [0, 0.05) is 19.6 Å². The molecule has 0 saturated carbocycles. The number of amides is 3. The molecule has 1 aromatic carbocycles. The Morgan fingerprint density at radius 2 is 1.91 bits per heavy atom. The van der Waals surface area contributed by atoms with Crippen molar-refractivity contribution < 1.29 is 9.59 Å². The number of hydrogen-bond donors (Lipinski definition) is 1. The van der Waals surface area contributed by atoms with E-state index in [1.165, 1.54) is 16.0 Å². The maximum atomic E-state index is 12.6. The van der Waals surface area contributed by atoms with Gasteiger partial charge in [0.05, 0.1) is 0 Å². The van der Waals surface area contributed by atoms with Crippen LogP contribution in [0.3, 0.4) is 0 Å². The van der Waals surface area contributed by atoms with Gasteiger partial charge >= 0.3 is 6.03 Å². The second-order valence-electron chi connectivity index (χ2n) is 5.82. The first-order chi connectivity index (χ1) is 10.7. The summed E-state index contributed by atoms with van der Waals surface area (Å²) in [5.41, 5.74) is 7.86. The average molecular weight is 299 g/mol. The van der Waals surface area contributed by atoms with Crippen molar-refractivity contribution in [2.75, 3.05) is 19.6 Å². The summed E-state index contributed by atoms with van der Waals surface area (Å²) in [6.07, 6.45) is 4.52. The zero-order valence-corrected chi connectivity index (χ0v) is 12.6. The van der Waals surface area contributed by atoms with Crippen LogP contribution in [0.2, 0.25) is 0 Å². The first-order valence-electron chi connectivity index (χ1n) is 7.76. The van der Waals surface area contributed by atoms with Crippen molar-refractivity contribution >= 4 is 17.5 Å². The Kier molecular flexibility index (Phi) is 4.13. The van der Waals surface area contributed by atoms with E-state index in [0.29, 0.717) is 26.1 Å². The molecule has 1 saturated heterocycles. The lowest BCUT2D eigenvalue weighted by atomic mass is 9.99. The fourth-order valence-electron chi connectivity index (χ4n) is 3.28. The van der Waals surface area contributed by atoms with Gasteiger partial charge in [0.1, 0.15) is 6.04 Å². The highest BCUT2D eigenvalue weighted by molar-refractivity contribution is 5.88. The number of carbonyl (C=O) groups is 2. The largest absolute Gasteiger partial charge is 0.351 e. The molecule has 2 aliphatic heterocycles. The van der Waals surface area contributed by atoms with Gasteiger partial charge in [-0.25, -0.2) is 4.79 Å². The van der Waals surface area contributed by atoms with Gasteiger partial charge in [0.25, 0.3) is 0 Å². The summed E-state index contributed by atoms with van der Waals surface area (Å²) in [6.45, 7) is 1.89. The maximum Gasteiger partial charge on any atom is 0.315 e. The Morgan fingerprint density at radius 3 is 2.55 bits per heavy atom. The Hall–Kier alpha value is -2.30. The molecule has 2 heterocycles. The van der Waals surface area contributed by atoms with Crippen LogP contribution in [0.1, 0.15) is 24.8 Å². The zero-order chi connectivity index (χ0) is 15.5. The lowest BCUT2D eigenvalue weighted by Gasteiger charge is -2.31. The SMILES string of the molecule is NC(=O)N1CCC[C@H]1C(=O)N1CC=C(c2ccccc2)CC1. The molecule has 0 spiro atoms. The lowest BCUT2D eigenvalue weighted by Crippen LogP contribution is -2.50. The second kappa shape index (κ2) is 6.22. The molecule has 116 valence electrons. The Balaban J connectivity index is 1.67. The molecule has 0 bridgehead atoms. The van der Waals surface area contributed by atoms with Gasteiger partial charge in [-0.3, -0.25) is 4.79 Å². The van der Waals surface area contributed by atoms with Crippen molar-refractivity contribution in [1.82, 2.24) is 9.80 Å². The predicted molar refractivity (Wildman–Crippen MR) is 84.9 cm³/mol. The van der Waals surface area contributed by atoms with Crippen LogP contribution in [0.4, 0.5) is 4.79 Å². The van der Waals surface area contributed by atoms with E-state index in [2.05, 4.69) is 18.2 Å². The number of benzene rings is 1. The van der Waals surface area contributed by atoms with E-state index < -0.39 is 6.03 Å². The molecule has 5 nitrogen and oxygen atoms in total. The molecule has 5 heteroatoms. The minimum atomic E-state index is -0.492. The van der Waals surface area contributed by atoms with Gasteiger partial charge < -0.3 is 15.5 Å². The molecular weight excluding hydrogens is 278 g/mol. The van der Waals surface area contributed by atoms with Gasteiger partial charge in [0.2, 0.25) is 5.91 Å². The number of nitrogens with zero attached hydrogens (tertiary/aromatic N) is 2. The molecule has 22 heavy (non-hydrogen) atoms. The van der Waals surface area contributed by atoms with E-state index in [0.717, 1.165) is 12.8 Å². The highest BCUT2D eigenvalue weighted by Crippen LogP contribution is 2.25. The number of nitrogens with two attached hydrogens (primary N) is 1. The quantitative estimate of drug-likeness (QED) is 0.905. The molecule has 3 rings (SSSR count). The molecule has 2 aliphatic rings. The van der Waals surface area contributed by atoms with Gasteiger partial charge in [-0.2, -0.15) is 0 Å². The third-order valence-corrected chi connectivity index (χ3v) is 4.49. The Labute approximate surface area is 130 Å². The highest BCUT2D eigenvalue weighted by Gasteiger charge is 2.35. The molecule has 1 atom stereocenters. The predicted octanol–water partition coefficient (Wildman–Crippen LogP) is 1.85. The van der Waals surface area contributed by atoms with E-state index in [-0.39, 0.29) is 11.9 Å². The second-order valence-corrected chi connectivity index (χ2v) is 5.82. The summed E-state index contributed by atoms with van der Waals surface area (Å²) in [5, 5.41) is 0. The molecule has 0 unspecified atom stereocenters. The molecule has 1 aromatic rings. The molecule has 0 aliphatic carbocycles. The van der Waals surface area contributed by atoms with Crippen LogP contribution < -0.4 is 5.73 Å². The van der Waals surface area contributed by atoms with E-state index in [4.69, 9.17) is 5.73 Å². The fourth-order valence-corrected chi connectivity index (χ4v) is 3.28. The molecule has 2 N–H and O–H groups in total. The lowest BCUT2D eigenvalue weighted by molar-refractivity contribution is -0.134. The van der Waals surface area contributed by atoms with Crippen molar-refractivity contribution in [2.24, 2.45) is 5.73 Å². The standard InChI is InChI=1S/C17H21N3O2/c18-17(22)20-10-4-7-15(20)16(21)19-11-8-14(9-12-19)13-5-2-1-3-6-13/h1-3,5-6,8,15H,4,7,9-12H2,(H2,18,22)/t15-/m0/s1. The van der Waals surface area contributed by atoms with Gasteiger partial charge in [-0.1, -0.05) is 36.4 Å². The van der Waals surface area contributed by atoms with Crippen molar-refractivity contribution in [1.29, 1.82) is 0 Å². The number of rotatable bonds is 2. The summed E-state index contributed by atoms with van der Waals surface area (Å²) in [7, 11) is 0. The number of primary amides is 1. The minimum absolute atomic E-state index is 0.0275. The summed E-state index contributed by atoms with van der Waals surface area (Å²) in [6, 6.07) is 9.37. The first-order valence-corrected chi connectivity index (χ1v) is 7.76. The van der Waals surface area contributed by atoms with E-state index in [1.807, 2.05) is 23.1 Å². The van der Waals surface area contributed by atoms with Crippen LogP contribution in [0.25, 0.3) is 5.57 Å². The van der Waals surface area contributed by atoms with E-state index in [9.17, 15) is 9.59 Å². The van der Waals surface area contributed by atoms with Crippen LogP contribution >= 0.6 is 0 Å². The monoisotopic (exact) mass is 299 g/mol. The smallest absolute Gasteiger partial charge is 0.315 e. The van der Waals surface area contributed by atoms with Gasteiger partial charge in [-0.05, 0) is 30.4 Å². The third kappa shape index (κ3) is 2.84. The van der Waals surface area contributed by atoms with Gasteiger partial charge in [-0.15, -0.1) is 0 Å². The summed E-state index contributed by atoms with van der Waals surface area (Å²) >= 11 is 0. The third-order valence-electron chi connectivity index (χ3n) is 4.49. The molecular formula is C17H21N3O2. The molecule has 0 aromatic heterocycles. The Bertz CT molecular complexity index is 597. The zero-order valence-electron chi connectivity index (χ0n) is 12.6. The highest BCUT2D eigenvalue weighted by atomic mass is 16.2. The summed E-state index contributed by atoms with van der Waals surface area (Å²) < 4.78 is 0. The van der Waals surface area contributed by atoms with Crippen molar-refractivity contribution in [3.63, 3.8) is 0 Å². The molecule has 3 amide bonds. The Morgan fingerprint density at radius 1 is 1.14 bits per heavy atom. The summed E-state index contributed by atoms with van der Waals surface area (Å²) in [4.78, 5) is 27.3. The number of urea groups is 1. The van der Waals surface area contributed by atoms with E-state index >= 15 is 0 Å². The first kappa shape index (κ1) is 14.6. The normalized spacial score (nSPS) is 21.6. The van der Waals surface area contributed by atoms with Crippen LogP contribution in [0.15, 0.2) is 36.4 Å². The maximum absolute atomic E-state index is 12.6. The molecule has 0 radical (unpaired) electrons. The summed E-state index contributed by atoms with van der Waals surface area (Å²) in [5.74, 6) is 0.0275. The topological polar surface area (TPSA) is 66.6 Å². The molecule has 1 fully saturated rings. The van der Waals surface area contributed by atoms with Crippen LogP contribution in [-0.4, -0.2) is 47.4 Å². The van der Waals surface area contributed by atoms with E-state index in [1.54, 1.807) is 0 Å². The number of carbonyl (C=O) groups excluding carboxylic acids is 2. The minimum Gasteiger partial charge on any atom is -0.351 e. The fraction of sp³-hybridized carbons (Fsp3) is 0.412. The van der Waals surface area contributed by atoms with Crippen molar-refractivity contribution in [2.45, 2.75) is 25.3 Å². The van der Waals surface area contributed by atoms with Crippen LogP contribution in [0.5, 0.6) is 0 Å². The van der Waals surface area contributed by atoms with Crippen molar-refractivity contribution in [3.05, 3.63) is 42.0 Å². The van der Waals surface area contributed by atoms with Crippen molar-refractivity contribution in [3.8, 4) is 0 Å². The number of hydrogen-bond acceptors (Lipinski definition) is 2. The number of likely N-dealkylation sites (tertiary alicyclic amines) is 1. The van der Waals surface area contributed by atoms with Gasteiger partial charge in [0.15, 0.2) is 0 Å². The average Bonchev–Trinajstić information content (AvgIpc) is 3.05. The van der Waals surface area contributed by atoms with Crippen LogP contribution in [-0.2, 0) is 4.79 Å².